The number of aliphatic hydroxyl groups is 1. The largest absolute Gasteiger partial charge is 0.496 e. The van der Waals surface area contributed by atoms with Crippen LogP contribution in [0, 0.1) is 0 Å². The summed E-state index contributed by atoms with van der Waals surface area (Å²) in [6.07, 6.45) is 2.64. The van der Waals surface area contributed by atoms with Crippen molar-refractivity contribution < 1.29 is 37.3 Å². The fraction of sp³-hybridized carbons (Fsp3) is 0.341. The molecule has 2 heterocycles. The number of nitrogens with two attached hydrogens (primary N) is 1. The number of hydrogen-bond acceptors (Lipinski definition) is 12. The first-order valence-electron chi connectivity index (χ1n) is 19.8. The van der Waals surface area contributed by atoms with Crippen molar-refractivity contribution in [3.05, 3.63) is 96.2 Å². The van der Waals surface area contributed by atoms with Crippen LogP contribution in [0.3, 0.4) is 0 Å². The van der Waals surface area contributed by atoms with E-state index in [1.54, 1.807) is 60.8 Å². The van der Waals surface area contributed by atoms with Crippen LogP contribution in [0.25, 0.3) is 10.8 Å². The number of methoxy groups -OCH3 is 2. The maximum absolute atomic E-state index is 13.4. The maximum atomic E-state index is 13.4. The van der Waals surface area contributed by atoms with Gasteiger partial charge in [0.25, 0.3) is 5.91 Å². The zero-order chi connectivity index (χ0) is 43.9. The highest BCUT2D eigenvalue weighted by molar-refractivity contribution is 7.92. The molecule has 0 bridgehead atoms. The molecule has 0 saturated carbocycles. The summed E-state index contributed by atoms with van der Waals surface area (Å²) >= 11 is 0. The number of urea groups is 1. The summed E-state index contributed by atoms with van der Waals surface area (Å²) in [6.45, 7) is 11.5. The van der Waals surface area contributed by atoms with Crippen LogP contribution in [-0.4, -0.2) is 113 Å². The third-order valence-corrected chi connectivity index (χ3v) is 10.9. The van der Waals surface area contributed by atoms with Crippen molar-refractivity contribution in [2.45, 2.75) is 26.2 Å². The molecule has 6 N–H and O–H groups in total. The predicted molar refractivity (Wildman–Crippen MR) is 239 cm³/mol. The summed E-state index contributed by atoms with van der Waals surface area (Å²) in [5.74, 6) is 1.70. The summed E-state index contributed by atoms with van der Waals surface area (Å²) < 4.78 is 45.1. The van der Waals surface area contributed by atoms with Gasteiger partial charge in [0.1, 0.15) is 23.1 Å². The van der Waals surface area contributed by atoms with Gasteiger partial charge in [-0.3, -0.25) is 24.2 Å². The lowest BCUT2D eigenvalue weighted by molar-refractivity contribution is 0.0923. The molecule has 17 heteroatoms. The van der Waals surface area contributed by atoms with Crippen LogP contribution < -0.4 is 40.2 Å². The van der Waals surface area contributed by atoms with Gasteiger partial charge in [0.15, 0.2) is 5.75 Å². The maximum Gasteiger partial charge on any atom is 0.324 e. The molecule has 1 aromatic heterocycles. The van der Waals surface area contributed by atoms with E-state index in [-0.39, 0.29) is 29.6 Å². The summed E-state index contributed by atoms with van der Waals surface area (Å²) in [4.78, 5) is 36.8. The molecule has 0 spiro atoms. The molecule has 324 valence electrons. The average molecular weight is 855 g/mol. The molecule has 1 aliphatic rings. The average Bonchev–Trinajstić information content (AvgIpc) is 3.21. The van der Waals surface area contributed by atoms with Gasteiger partial charge in [0.05, 0.1) is 49.7 Å². The second kappa shape index (κ2) is 19.1. The third-order valence-electron chi connectivity index (χ3n) is 10.3. The van der Waals surface area contributed by atoms with Crippen molar-refractivity contribution in [2.75, 3.05) is 87.8 Å². The zero-order valence-corrected chi connectivity index (χ0v) is 36.1. The molecule has 0 atom stereocenters. The minimum absolute atomic E-state index is 0.116. The van der Waals surface area contributed by atoms with Crippen molar-refractivity contribution >= 4 is 61.3 Å². The Morgan fingerprint density at radius 3 is 2.21 bits per heavy atom. The number of benzene rings is 4. The number of amides is 3. The zero-order valence-electron chi connectivity index (χ0n) is 35.3. The summed E-state index contributed by atoms with van der Waals surface area (Å²) in [5.41, 5.74) is 8.27. The molecule has 0 radical (unpaired) electrons. The number of piperazine rings is 1. The lowest BCUT2D eigenvalue weighted by Gasteiger charge is -2.34. The van der Waals surface area contributed by atoms with E-state index < -0.39 is 21.5 Å². The van der Waals surface area contributed by atoms with Crippen LogP contribution in [0.5, 0.6) is 23.0 Å². The Morgan fingerprint density at radius 1 is 0.869 bits per heavy atom. The fourth-order valence-electron chi connectivity index (χ4n) is 7.18. The standard InChI is InChI=1S/C44H54N8O8S/c1-44(2,3)29-25-35(49-61(6,56)57)41(59-5)37(26-29)52(43(45)55)36-13-14-38(33-10-8-7-9-32(33)36)60-31-15-16-46-40(28-31)48-30-11-12-34(39(27-30)58-4)42(54)47-17-18-50-19-21-51(22-20-50)23-24-53/h7-16,25-28,49,53H,17-24H2,1-6H3,(H2,45,55)(H,46,48)(H,47,54). The van der Waals surface area contributed by atoms with Gasteiger partial charge in [-0.2, -0.15) is 0 Å². The van der Waals surface area contributed by atoms with E-state index in [9.17, 15) is 23.1 Å². The van der Waals surface area contributed by atoms with E-state index in [0.717, 1.165) is 44.5 Å². The van der Waals surface area contributed by atoms with Crippen LogP contribution in [0.15, 0.2) is 85.1 Å². The number of carbonyl (C=O) groups excluding carboxylic acids is 2. The quantitative estimate of drug-likeness (QED) is 0.0775. The number of aromatic nitrogens is 1. The molecule has 16 nitrogen and oxygen atoms in total. The van der Waals surface area contributed by atoms with Crippen molar-refractivity contribution in [2.24, 2.45) is 5.73 Å². The topological polar surface area (TPSA) is 201 Å². The predicted octanol–water partition coefficient (Wildman–Crippen LogP) is 6.01. The first-order chi connectivity index (χ1) is 29.1. The fourth-order valence-corrected chi connectivity index (χ4v) is 7.74. The summed E-state index contributed by atoms with van der Waals surface area (Å²) in [7, 11) is -0.814. The second-order valence-electron chi connectivity index (χ2n) is 15.7. The van der Waals surface area contributed by atoms with Gasteiger partial charge in [0.2, 0.25) is 10.0 Å². The Kier molecular flexibility index (Phi) is 13.9. The first-order valence-corrected chi connectivity index (χ1v) is 21.7. The molecule has 61 heavy (non-hydrogen) atoms. The van der Waals surface area contributed by atoms with E-state index in [4.69, 9.17) is 19.9 Å². The van der Waals surface area contributed by atoms with Gasteiger partial charge < -0.3 is 35.7 Å². The highest BCUT2D eigenvalue weighted by atomic mass is 32.2. The number of hydrogen-bond donors (Lipinski definition) is 5. The van der Waals surface area contributed by atoms with Crippen molar-refractivity contribution in [3.63, 3.8) is 0 Å². The molecule has 5 aromatic rings. The molecule has 3 amide bonds. The van der Waals surface area contributed by atoms with Crippen molar-refractivity contribution in [1.29, 1.82) is 0 Å². The number of ether oxygens (including phenoxy) is 3. The number of rotatable bonds is 16. The van der Waals surface area contributed by atoms with E-state index in [1.807, 2.05) is 45.0 Å². The lowest BCUT2D eigenvalue weighted by Crippen LogP contribution is -2.49. The Morgan fingerprint density at radius 2 is 1.57 bits per heavy atom. The van der Waals surface area contributed by atoms with E-state index >= 15 is 0 Å². The van der Waals surface area contributed by atoms with Crippen LogP contribution in [0.2, 0.25) is 0 Å². The number of primary amides is 1. The van der Waals surface area contributed by atoms with E-state index in [0.29, 0.717) is 63.9 Å². The number of pyridine rings is 1. The number of anilines is 5. The van der Waals surface area contributed by atoms with Gasteiger partial charge >= 0.3 is 6.03 Å². The minimum atomic E-state index is -3.72. The molecular formula is C44H54N8O8S. The lowest BCUT2D eigenvalue weighted by atomic mass is 9.86. The van der Waals surface area contributed by atoms with Crippen LogP contribution in [0.4, 0.5) is 33.4 Å². The monoisotopic (exact) mass is 854 g/mol. The van der Waals surface area contributed by atoms with E-state index in [1.165, 1.54) is 19.1 Å². The molecular weight excluding hydrogens is 801 g/mol. The van der Waals surface area contributed by atoms with Gasteiger partial charge in [-0.25, -0.2) is 18.2 Å². The normalized spacial score (nSPS) is 13.7. The highest BCUT2D eigenvalue weighted by Gasteiger charge is 2.28. The number of β-amino-alcohol motifs (C(OH)–C–C–N with tert-alkyl or cyclic N) is 1. The van der Waals surface area contributed by atoms with Crippen molar-refractivity contribution in [3.8, 4) is 23.0 Å². The number of sulfonamides is 1. The highest BCUT2D eigenvalue weighted by Crippen LogP contribution is 2.46. The van der Waals surface area contributed by atoms with Gasteiger partial charge in [-0.05, 0) is 53.4 Å². The minimum Gasteiger partial charge on any atom is -0.496 e. The molecule has 0 unspecified atom stereocenters. The van der Waals surface area contributed by atoms with Crippen molar-refractivity contribution in [1.82, 2.24) is 20.1 Å². The van der Waals surface area contributed by atoms with Gasteiger partial charge in [-0.15, -0.1) is 0 Å². The number of aliphatic hydroxyl groups excluding tert-OH is 1. The van der Waals surface area contributed by atoms with Gasteiger partial charge in [-0.1, -0.05) is 45.0 Å². The SMILES string of the molecule is COc1cc(Nc2cc(Oc3ccc(N(C(N)=O)c4cc(C(C)(C)C)cc(NS(C)(=O)=O)c4OC)c4ccccc34)ccn2)ccc1C(=O)NCCN1CCN(CCO)CC1. The van der Waals surface area contributed by atoms with Crippen LogP contribution >= 0.6 is 0 Å². The Balaban J connectivity index is 1.21. The van der Waals surface area contributed by atoms with Gasteiger partial charge in [0, 0.05) is 80.6 Å². The molecule has 1 saturated heterocycles. The molecule has 6 rings (SSSR count). The first kappa shape index (κ1) is 44.4. The molecule has 1 fully saturated rings. The Hall–Kier alpha value is -6.14. The summed E-state index contributed by atoms with van der Waals surface area (Å²) in [5, 5.41) is 16.7. The van der Waals surface area contributed by atoms with Crippen LogP contribution in [0.1, 0.15) is 36.7 Å². The number of fused-ring (bicyclic) bond motifs is 1. The number of nitrogens with one attached hydrogen (secondary N) is 3. The van der Waals surface area contributed by atoms with Crippen LogP contribution in [-0.2, 0) is 15.4 Å². The second-order valence-corrected chi connectivity index (χ2v) is 17.4. The smallest absolute Gasteiger partial charge is 0.324 e. The molecule has 0 aliphatic carbocycles. The Bertz CT molecular complexity index is 2490. The molecule has 1 aliphatic heterocycles. The number of nitrogens with zero attached hydrogens (tertiary/aromatic N) is 4. The summed E-state index contributed by atoms with van der Waals surface area (Å²) in [6, 6.07) is 22.1. The third kappa shape index (κ3) is 11.0. The molecule has 4 aromatic carbocycles. The van der Waals surface area contributed by atoms with E-state index in [2.05, 4.69) is 30.1 Å². The number of carbonyl (C=O) groups is 2. The Labute approximate surface area is 356 Å².